The summed E-state index contributed by atoms with van der Waals surface area (Å²) in [5.74, 6) is -0.125. The van der Waals surface area contributed by atoms with Gasteiger partial charge < -0.3 is 9.88 Å². The van der Waals surface area contributed by atoms with Crippen LogP contribution in [0.15, 0.2) is 61.1 Å². The molecule has 0 radical (unpaired) electrons. The molecule has 5 nitrogen and oxygen atoms in total. The lowest BCUT2D eigenvalue weighted by Crippen LogP contribution is -2.25. The summed E-state index contributed by atoms with van der Waals surface area (Å²) in [5, 5.41) is 3.08. The normalized spacial score (nSPS) is 15.4. The Hall–Kier alpha value is -3.65. The first-order valence-corrected chi connectivity index (χ1v) is 9.23. The Morgan fingerprint density at radius 1 is 1.32 bits per heavy atom. The molecule has 0 spiro atoms. The number of carbonyl (C=O) groups excluding carboxylic acids is 1. The zero-order valence-electron chi connectivity index (χ0n) is 15.6. The molecule has 5 heteroatoms. The van der Waals surface area contributed by atoms with Crippen molar-refractivity contribution in [1.82, 2.24) is 14.9 Å². The molecule has 0 bridgehead atoms. The summed E-state index contributed by atoms with van der Waals surface area (Å²) >= 11 is 0. The maximum atomic E-state index is 12.4. The highest BCUT2D eigenvalue weighted by Crippen LogP contribution is 2.30. The summed E-state index contributed by atoms with van der Waals surface area (Å²) in [6.07, 6.45) is 8.78. The molecule has 3 aromatic rings. The van der Waals surface area contributed by atoms with E-state index in [-0.39, 0.29) is 11.9 Å². The lowest BCUT2D eigenvalue weighted by Gasteiger charge is -2.12. The fourth-order valence-corrected chi connectivity index (χ4v) is 3.60. The average molecular weight is 368 g/mol. The summed E-state index contributed by atoms with van der Waals surface area (Å²) in [4.78, 5) is 20.2. The molecule has 28 heavy (non-hydrogen) atoms. The molecule has 1 unspecified atom stereocenters. The smallest absolute Gasteiger partial charge is 0.244 e. The minimum atomic E-state index is -0.125. The van der Waals surface area contributed by atoms with E-state index in [2.05, 4.69) is 27.3 Å². The number of nitrogens with zero attached hydrogens (tertiary/aromatic N) is 3. The molecule has 2 aromatic carbocycles. The highest BCUT2D eigenvalue weighted by Gasteiger charge is 2.22. The van der Waals surface area contributed by atoms with Crippen molar-refractivity contribution in [3.05, 3.63) is 94.9 Å². The lowest BCUT2D eigenvalue weighted by molar-refractivity contribution is -0.117. The topological polar surface area (TPSA) is 51.3 Å². The number of hydrogen-bond acceptors (Lipinski definition) is 2. The number of amides is 1. The molecular formula is C23H20N4O. The Bertz CT molecular complexity index is 1100. The highest BCUT2D eigenvalue weighted by atomic mass is 16.1. The first-order valence-electron chi connectivity index (χ1n) is 9.23. The van der Waals surface area contributed by atoms with E-state index in [9.17, 15) is 4.79 Å². The Labute approximate surface area is 164 Å². The number of aryl methyl sites for hydroxylation is 2. The highest BCUT2D eigenvalue weighted by molar-refractivity contribution is 5.92. The molecule has 4 rings (SSSR count). The van der Waals surface area contributed by atoms with Crippen molar-refractivity contribution in [3.63, 3.8) is 0 Å². The largest absolute Gasteiger partial charge is 0.346 e. The third kappa shape index (κ3) is 3.58. The van der Waals surface area contributed by atoms with Crippen LogP contribution in [-0.2, 0) is 11.2 Å². The molecule has 0 fully saturated rings. The number of imidazole rings is 1. The van der Waals surface area contributed by atoms with Crippen LogP contribution in [0.25, 0.3) is 16.6 Å². The SMILES string of the molecule is [C-]#[N+]c1cc(C=CC(=O)NC2CCc3ccccc32)ccc1-n1cnc(C)c1. The molecule has 138 valence electrons. The van der Waals surface area contributed by atoms with E-state index < -0.39 is 0 Å². The second kappa shape index (κ2) is 7.53. The Morgan fingerprint density at radius 2 is 2.18 bits per heavy atom. The summed E-state index contributed by atoms with van der Waals surface area (Å²) in [6.45, 7) is 9.37. The van der Waals surface area contributed by atoms with Crippen molar-refractivity contribution < 1.29 is 4.79 Å². The molecular weight excluding hydrogens is 348 g/mol. The van der Waals surface area contributed by atoms with Gasteiger partial charge in [-0.3, -0.25) is 4.79 Å². The quantitative estimate of drug-likeness (QED) is 0.543. The molecule has 1 aromatic heterocycles. The number of rotatable bonds is 4. The summed E-state index contributed by atoms with van der Waals surface area (Å²) in [6, 6.07) is 13.9. The van der Waals surface area contributed by atoms with Crippen molar-refractivity contribution in [3.8, 4) is 5.69 Å². The third-order valence-electron chi connectivity index (χ3n) is 4.99. The lowest BCUT2D eigenvalue weighted by atomic mass is 10.1. The van der Waals surface area contributed by atoms with Crippen LogP contribution in [0, 0.1) is 13.5 Å². The predicted molar refractivity (Wildman–Crippen MR) is 109 cm³/mol. The Morgan fingerprint density at radius 3 is 2.96 bits per heavy atom. The van der Waals surface area contributed by atoms with Gasteiger partial charge in [0, 0.05) is 12.3 Å². The van der Waals surface area contributed by atoms with Crippen LogP contribution < -0.4 is 5.32 Å². The van der Waals surface area contributed by atoms with Crippen molar-refractivity contribution in [2.75, 3.05) is 0 Å². The van der Waals surface area contributed by atoms with Gasteiger partial charge in [-0.2, -0.15) is 0 Å². The average Bonchev–Trinajstić information content (AvgIpc) is 3.33. The fourth-order valence-electron chi connectivity index (χ4n) is 3.60. The van der Waals surface area contributed by atoms with E-state index in [0.717, 1.165) is 29.8 Å². The van der Waals surface area contributed by atoms with Crippen LogP contribution in [0.5, 0.6) is 0 Å². The molecule has 1 N–H and O–H groups in total. The summed E-state index contributed by atoms with van der Waals surface area (Å²) in [7, 11) is 0. The maximum Gasteiger partial charge on any atom is 0.244 e. The van der Waals surface area contributed by atoms with Crippen molar-refractivity contribution in [2.45, 2.75) is 25.8 Å². The van der Waals surface area contributed by atoms with E-state index in [4.69, 9.17) is 6.57 Å². The minimum Gasteiger partial charge on any atom is -0.346 e. The van der Waals surface area contributed by atoms with Crippen LogP contribution in [0.2, 0.25) is 0 Å². The zero-order chi connectivity index (χ0) is 19.5. The van der Waals surface area contributed by atoms with Gasteiger partial charge in [-0.25, -0.2) is 9.83 Å². The van der Waals surface area contributed by atoms with Gasteiger partial charge in [0.15, 0.2) is 0 Å². The fraction of sp³-hybridized carbons (Fsp3) is 0.174. The molecule has 1 heterocycles. The van der Waals surface area contributed by atoms with Crippen LogP contribution in [-0.4, -0.2) is 15.5 Å². The van der Waals surface area contributed by atoms with Gasteiger partial charge in [-0.15, -0.1) is 0 Å². The second-order valence-corrected chi connectivity index (χ2v) is 6.91. The van der Waals surface area contributed by atoms with Crippen LogP contribution in [0.3, 0.4) is 0 Å². The van der Waals surface area contributed by atoms with Gasteiger partial charge in [-0.1, -0.05) is 36.4 Å². The zero-order valence-corrected chi connectivity index (χ0v) is 15.6. The van der Waals surface area contributed by atoms with Crippen LogP contribution >= 0.6 is 0 Å². The Kier molecular flexibility index (Phi) is 4.77. The van der Waals surface area contributed by atoms with Crippen molar-refractivity contribution >= 4 is 17.7 Å². The molecule has 1 atom stereocenters. The first-order chi connectivity index (χ1) is 13.6. The van der Waals surface area contributed by atoms with Gasteiger partial charge in [0.25, 0.3) is 0 Å². The first kappa shape index (κ1) is 17.7. The number of hydrogen-bond donors (Lipinski definition) is 1. The molecule has 1 aliphatic carbocycles. The molecule has 0 saturated carbocycles. The monoisotopic (exact) mass is 368 g/mol. The summed E-state index contributed by atoms with van der Waals surface area (Å²) in [5.41, 5.74) is 5.52. The van der Waals surface area contributed by atoms with E-state index in [1.807, 2.05) is 42.0 Å². The molecule has 0 aliphatic heterocycles. The number of fused-ring (bicyclic) bond motifs is 1. The van der Waals surface area contributed by atoms with E-state index in [1.54, 1.807) is 18.5 Å². The minimum absolute atomic E-state index is 0.0685. The van der Waals surface area contributed by atoms with Gasteiger partial charge in [0.05, 0.1) is 30.3 Å². The van der Waals surface area contributed by atoms with E-state index in [1.165, 1.54) is 17.2 Å². The Balaban J connectivity index is 1.47. The van der Waals surface area contributed by atoms with Gasteiger partial charge >= 0.3 is 0 Å². The van der Waals surface area contributed by atoms with Gasteiger partial charge in [0.1, 0.15) is 0 Å². The number of carbonyl (C=O) groups is 1. The standard InChI is InChI=1S/C23H20N4O/c1-16-14-27(15-25-16)22-11-7-17(13-21(22)24-2)8-12-23(28)26-20-10-9-18-5-3-4-6-19(18)20/h3-8,11-15,20H,9-10H2,1H3,(H,26,28). The van der Waals surface area contributed by atoms with E-state index >= 15 is 0 Å². The molecule has 0 saturated heterocycles. The maximum absolute atomic E-state index is 12.4. The number of aromatic nitrogens is 2. The summed E-state index contributed by atoms with van der Waals surface area (Å²) < 4.78 is 1.83. The molecule has 1 aliphatic rings. The van der Waals surface area contributed by atoms with Crippen LogP contribution in [0.4, 0.5) is 5.69 Å². The second-order valence-electron chi connectivity index (χ2n) is 6.91. The third-order valence-corrected chi connectivity index (χ3v) is 4.99. The number of nitrogens with one attached hydrogen (secondary N) is 1. The molecule has 1 amide bonds. The number of benzene rings is 2. The van der Waals surface area contributed by atoms with Gasteiger partial charge in [0.2, 0.25) is 11.6 Å². The van der Waals surface area contributed by atoms with Crippen molar-refractivity contribution in [1.29, 1.82) is 0 Å². The predicted octanol–water partition coefficient (Wildman–Crippen LogP) is 4.55. The van der Waals surface area contributed by atoms with Gasteiger partial charge in [-0.05, 0) is 48.6 Å². The van der Waals surface area contributed by atoms with Crippen molar-refractivity contribution in [2.24, 2.45) is 0 Å². The van der Waals surface area contributed by atoms with Crippen LogP contribution in [0.1, 0.15) is 34.8 Å². The van der Waals surface area contributed by atoms with E-state index in [0.29, 0.717) is 5.69 Å².